The van der Waals surface area contributed by atoms with Crippen molar-refractivity contribution in [2.75, 3.05) is 7.11 Å². The van der Waals surface area contributed by atoms with Crippen molar-refractivity contribution in [1.82, 2.24) is 0 Å². The Labute approximate surface area is 125 Å². The highest BCUT2D eigenvalue weighted by atomic mass is 79.9. The molecule has 0 aliphatic carbocycles. The number of hydrogen-bond acceptors (Lipinski definition) is 3. The Morgan fingerprint density at radius 1 is 1.15 bits per heavy atom. The number of hydrogen-bond donors (Lipinski definition) is 1. The van der Waals surface area contributed by atoms with E-state index in [1.807, 2.05) is 18.2 Å². The third kappa shape index (κ3) is 3.49. The molecular weight excluding hydrogens is 325 g/mol. The molecule has 0 fully saturated rings. The summed E-state index contributed by atoms with van der Waals surface area (Å²) < 4.78 is 25.4. The lowest BCUT2D eigenvalue weighted by Crippen LogP contribution is -2.02. The highest BCUT2D eigenvalue weighted by molar-refractivity contribution is 9.10. The van der Waals surface area contributed by atoms with E-state index >= 15 is 0 Å². The van der Waals surface area contributed by atoms with Crippen LogP contribution < -0.4 is 15.2 Å². The summed E-state index contributed by atoms with van der Waals surface area (Å²) in [7, 11) is 1.59. The van der Waals surface area contributed by atoms with Gasteiger partial charge in [0.1, 0.15) is 12.4 Å². The molecule has 2 rings (SSSR count). The van der Waals surface area contributed by atoms with Crippen LogP contribution in [-0.4, -0.2) is 7.11 Å². The first-order valence-corrected chi connectivity index (χ1v) is 6.87. The van der Waals surface area contributed by atoms with E-state index in [2.05, 4.69) is 15.9 Å². The number of ether oxygens (including phenoxy) is 2. The van der Waals surface area contributed by atoms with E-state index in [1.165, 1.54) is 6.07 Å². The summed E-state index contributed by atoms with van der Waals surface area (Å²) in [5.41, 5.74) is 7.03. The minimum absolute atomic E-state index is 0.198. The predicted octanol–water partition coefficient (Wildman–Crippen LogP) is 3.63. The average molecular weight is 340 g/mol. The fourth-order valence-corrected chi connectivity index (χ4v) is 2.21. The summed E-state index contributed by atoms with van der Waals surface area (Å²) in [6.45, 7) is 0.526. The number of methoxy groups -OCH3 is 1. The summed E-state index contributed by atoms with van der Waals surface area (Å²) in [5, 5.41) is 0. The van der Waals surface area contributed by atoms with Crippen LogP contribution in [0.25, 0.3) is 0 Å². The van der Waals surface area contributed by atoms with Crippen molar-refractivity contribution in [3.8, 4) is 11.5 Å². The highest BCUT2D eigenvalue weighted by Crippen LogP contribution is 2.25. The van der Waals surface area contributed by atoms with E-state index in [1.54, 1.807) is 19.2 Å². The molecule has 0 saturated carbocycles. The Bertz CT molecular complexity index is 604. The van der Waals surface area contributed by atoms with E-state index in [9.17, 15) is 4.39 Å². The summed E-state index contributed by atoms with van der Waals surface area (Å²) in [5.74, 6) is 0.485. The van der Waals surface area contributed by atoms with Crippen LogP contribution in [0.15, 0.2) is 40.9 Å². The Hall–Kier alpha value is -1.59. The number of halogens is 2. The lowest BCUT2D eigenvalue weighted by molar-refractivity contribution is 0.282. The lowest BCUT2D eigenvalue weighted by atomic mass is 10.2. The molecule has 0 aliphatic heterocycles. The van der Waals surface area contributed by atoms with Crippen molar-refractivity contribution in [2.24, 2.45) is 5.73 Å². The number of benzene rings is 2. The SMILES string of the molecule is COc1ccc(Br)cc1COc1ccc(CN)cc1F. The van der Waals surface area contributed by atoms with Crippen molar-refractivity contribution in [3.63, 3.8) is 0 Å². The number of nitrogens with two attached hydrogens (primary N) is 1. The van der Waals surface area contributed by atoms with Crippen LogP contribution >= 0.6 is 15.9 Å². The predicted molar refractivity (Wildman–Crippen MR) is 79.3 cm³/mol. The molecule has 0 atom stereocenters. The molecule has 106 valence electrons. The van der Waals surface area contributed by atoms with Crippen LogP contribution in [0.5, 0.6) is 11.5 Å². The molecule has 0 spiro atoms. The van der Waals surface area contributed by atoms with Crippen LogP contribution in [0.1, 0.15) is 11.1 Å². The molecule has 0 radical (unpaired) electrons. The van der Waals surface area contributed by atoms with Crippen LogP contribution in [0.4, 0.5) is 4.39 Å². The van der Waals surface area contributed by atoms with E-state index in [0.29, 0.717) is 12.3 Å². The summed E-state index contributed by atoms with van der Waals surface area (Å²) in [4.78, 5) is 0. The van der Waals surface area contributed by atoms with Gasteiger partial charge in [-0.25, -0.2) is 4.39 Å². The van der Waals surface area contributed by atoms with Crippen LogP contribution in [0.3, 0.4) is 0 Å². The number of rotatable bonds is 5. The Morgan fingerprint density at radius 3 is 2.55 bits per heavy atom. The first-order chi connectivity index (χ1) is 9.63. The molecule has 0 bridgehead atoms. The molecular formula is C15H15BrFNO2. The molecule has 2 aromatic rings. The molecule has 2 N–H and O–H groups in total. The van der Waals surface area contributed by atoms with E-state index < -0.39 is 5.82 Å². The van der Waals surface area contributed by atoms with Gasteiger partial charge in [0, 0.05) is 16.6 Å². The second kappa shape index (κ2) is 6.72. The lowest BCUT2D eigenvalue weighted by Gasteiger charge is -2.11. The molecule has 5 heteroatoms. The molecule has 0 heterocycles. The molecule has 0 saturated heterocycles. The third-order valence-corrected chi connectivity index (χ3v) is 3.35. The third-order valence-electron chi connectivity index (χ3n) is 2.86. The maximum Gasteiger partial charge on any atom is 0.165 e. The second-order valence-electron chi connectivity index (χ2n) is 4.21. The van der Waals surface area contributed by atoms with Gasteiger partial charge in [0.15, 0.2) is 11.6 Å². The smallest absolute Gasteiger partial charge is 0.165 e. The van der Waals surface area contributed by atoms with Gasteiger partial charge in [-0.05, 0) is 35.9 Å². The van der Waals surface area contributed by atoms with Gasteiger partial charge in [-0.2, -0.15) is 0 Å². The van der Waals surface area contributed by atoms with Crippen LogP contribution in [0.2, 0.25) is 0 Å². The fourth-order valence-electron chi connectivity index (χ4n) is 1.80. The van der Waals surface area contributed by atoms with Crippen LogP contribution in [0, 0.1) is 5.82 Å². The molecule has 0 aromatic heterocycles. The minimum atomic E-state index is -0.415. The van der Waals surface area contributed by atoms with Crippen molar-refractivity contribution in [1.29, 1.82) is 0 Å². The zero-order valence-electron chi connectivity index (χ0n) is 11.0. The van der Waals surface area contributed by atoms with Gasteiger partial charge >= 0.3 is 0 Å². The van der Waals surface area contributed by atoms with Crippen molar-refractivity contribution in [2.45, 2.75) is 13.2 Å². The average Bonchev–Trinajstić information content (AvgIpc) is 2.46. The van der Waals surface area contributed by atoms with Gasteiger partial charge in [0.05, 0.1) is 7.11 Å². The van der Waals surface area contributed by atoms with E-state index in [-0.39, 0.29) is 12.4 Å². The van der Waals surface area contributed by atoms with Gasteiger partial charge in [-0.3, -0.25) is 0 Å². The molecule has 2 aromatic carbocycles. The Morgan fingerprint density at radius 2 is 1.90 bits per heavy atom. The normalized spacial score (nSPS) is 10.4. The second-order valence-corrected chi connectivity index (χ2v) is 5.13. The van der Waals surface area contributed by atoms with Crippen molar-refractivity contribution >= 4 is 15.9 Å². The van der Waals surface area contributed by atoms with Gasteiger partial charge < -0.3 is 15.2 Å². The highest BCUT2D eigenvalue weighted by Gasteiger charge is 2.08. The molecule has 20 heavy (non-hydrogen) atoms. The Balaban J connectivity index is 2.14. The van der Waals surface area contributed by atoms with Crippen molar-refractivity contribution in [3.05, 3.63) is 57.8 Å². The summed E-state index contributed by atoms with van der Waals surface area (Å²) in [6, 6.07) is 10.3. The van der Waals surface area contributed by atoms with Gasteiger partial charge in [0.25, 0.3) is 0 Å². The van der Waals surface area contributed by atoms with Gasteiger partial charge in [-0.1, -0.05) is 22.0 Å². The van der Waals surface area contributed by atoms with Gasteiger partial charge in [-0.15, -0.1) is 0 Å². The molecule has 3 nitrogen and oxygen atoms in total. The fraction of sp³-hybridized carbons (Fsp3) is 0.200. The monoisotopic (exact) mass is 339 g/mol. The quantitative estimate of drug-likeness (QED) is 0.904. The van der Waals surface area contributed by atoms with Gasteiger partial charge in [0.2, 0.25) is 0 Å². The zero-order chi connectivity index (χ0) is 14.5. The first kappa shape index (κ1) is 14.8. The largest absolute Gasteiger partial charge is 0.496 e. The van der Waals surface area contributed by atoms with Crippen LogP contribution in [-0.2, 0) is 13.2 Å². The maximum absolute atomic E-state index is 13.8. The van der Waals surface area contributed by atoms with Crippen molar-refractivity contribution < 1.29 is 13.9 Å². The Kier molecular flexibility index (Phi) is 4.98. The molecule has 0 amide bonds. The topological polar surface area (TPSA) is 44.5 Å². The summed E-state index contributed by atoms with van der Waals surface area (Å²) >= 11 is 3.39. The van der Waals surface area contributed by atoms with E-state index in [4.69, 9.17) is 15.2 Å². The van der Waals surface area contributed by atoms with E-state index in [0.717, 1.165) is 15.6 Å². The first-order valence-electron chi connectivity index (χ1n) is 6.07. The summed E-state index contributed by atoms with van der Waals surface area (Å²) in [6.07, 6.45) is 0. The maximum atomic E-state index is 13.8. The zero-order valence-corrected chi connectivity index (χ0v) is 12.6. The molecule has 0 unspecified atom stereocenters. The molecule has 0 aliphatic rings. The minimum Gasteiger partial charge on any atom is -0.496 e. The standard InChI is InChI=1S/C15H15BrFNO2/c1-19-14-5-3-12(16)7-11(14)9-20-15-4-2-10(8-18)6-13(15)17/h2-7H,8-9,18H2,1H3.